The first-order valence-corrected chi connectivity index (χ1v) is 9.05. The van der Waals surface area contributed by atoms with Gasteiger partial charge in [-0.2, -0.15) is 0 Å². The molecule has 0 N–H and O–H groups in total. The van der Waals surface area contributed by atoms with Gasteiger partial charge in [0.15, 0.2) is 0 Å². The molecule has 1 aromatic heterocycles. The number of thiophene rings is 1. The minimum atomic E-state index is -3.83. The molecule has 0 fully saturated rings. The lowest BCUT2D eigenvalue weighted by atomic mass is 10.2. The van der Waals surface area contributed by atoms with Crippen LogP contribution in [-0.2, 0) is 18.5 Å². The fourth-order valence-corrected chi connectivity index (χ4v) is 3.94. The molecule has 20 heavy (non-hydrogen) atoms. The highest BCUT2D eigenvalue weighted by Crippen LogP contribution is 2.29. The van der Waals surface area contributed by atoms with Crippen molar-refractivity contribution in [2.24, 2.45) is 0 Å². The van der Waals surface area contributed by atoms with Gasteiger partial charge in [-0.3, -0.25) is 0 Å². The Kier molecular flexibility index (Phi) is 5.60. The summed E-state index contributed by atoms with van der Waals surface area (Å²) in [5.74, 6) is -0.581. The summed E-state index contributed by atoms with van der Waals surface area (Å²) in [4.78, 5) is 11.8. The van der Waals surface area contributed by atoms with Gasteiger partial charge in [0.1, 0.15) is 10.8 Å². The van der Waals surface area contributed by atoms with Crippen molar-refractivity contribution in [3.8, 4) is 0 Å². The number of halogens is 1. The van der Waals surface area contributed by atoms with Gasteiger partial charge in [-0.25, -0.2) is 13.2 Å². The van der Waals surface area contributed by atoms with Crippen molar-refractivity contribution in [3.63, 3.8) is 0 Å². The van der Waals surface area contributed by atoms with Gasteiger partial charge in [0, 0.05) is 16.1 Å². The molecule has 0 bridgehead atoms. The van der Waals surface area contributed by atoms with E-state index in [1.807, 2.05) is 20.8 Å². The molecule has 8 heteroatoms. The summed E-state index contributed by atoms with van der Waals surface area (Å²) < 4.78 is 32.9. The molecule has 0 radical (unpaired) electrons. The molecule has 0 aromatic carbocycles. The van der Waals surface area contributed by atoms with Gasteiger partial charge in [0.25, 0.3) is 9.05 Å². The highest BCUT2D eigenvalue weighted by molar-refractivity contribution is 8.15. The quantitative estimate of drug-likeness (QED) is 0.468. The monoisotopic (exact) mass is 340 g/mol. The predicted molar refractivity (Wildman–Crippen MR) is 78.1 cm³/mol. The lowest BCUT2D eigenvalue weighted by Gasteiger charge is -2.19. The van der Waals surface area contributed by atoms with Crippen LogP contribution in [0.5, 0.6) is 0 Å². The number of carbonyl (C=O) groups is 1. The van der Waals surface area contributed by atoms with Crippen molar-refractivity contribution in [1.82, 2.24) is 0 Å². The van der Waals surface area contributed by atoms with Crippen molar-refractivity contribution >= 4 is 37.0 Å². The van der Waals surface area contributed by atoms with Crippen LogP contribution in [0.4, 0.5) is 0 Å². The SMILES string of the molecule is Cc1c(C(=O)OCCOC(C)(C)C)csc1S(=O)(=O)Cl. The lowest BCUT2D eigenvalue weighted by molar-refractivity contribution is -0.0281. The fraction of sp³-hybridized carbons (Fsp3) is 0.583. The number of ether oxygens (including phenoxy) is 2. The zero-order valence-electron chi connectivity index (χ0n) is 11.7. The minimum absolute atomic E-state index is 0.0305. The van der Waals surface area contributed by atoms with E-state index in [4.69, 9.17) is 20.2 Å². The van der Waals surface area contributed by atoms with Gasteiger partial charge in [-0.15, -0.1) is 11.3 Å². The van der Waals surface area contributed by atoms with Crippen molar-refractivity contribution in [2.45, 2.75) is 37.5 Å². The summed E-state index contributed by atoms with van der Waals surface area (Å²) in [6.45, 7) is 7.60. The molecule has 1 aromatic rings. The van der Waals surface area contributed by atoms with Crippen molar-refractivity contribution in [1.29, 1.82) is 0 Å². The van der Waals surface area contributed by atoms with Crippen LogP contribution >= 0.6 is 22.0 Å². The molecule has 0 saturated carbocycles. The first kappa shape index (κ1) is 17.4. The Morgan fingerprint density at radius 2 is 1.95 bits per heavy atom. The Hall–Kier alpha value is -0.630. The molecule has 0 aliphatic carbocycles. The van der Waals surface area contributed by atoms with Crippen LogP contribution in [0, 0.1) is 6.92 Å². The Bertz CT molecular complexity index is 583. The Balaban J connectivity index is 2.64. The first-order valence-electron chi connectivity index (χ1n) is 5.86. The third kappa shape index (κ3) is 5.05. The van der Waals surface area contributed by atoms with Crippen molar-refractivity contribution in [3.05, 3.63) is 16.5 Å². The van der Waals surface area contributed by atoms with Crippen LogP contribution in [0.2, 0.25) is 0 Å². The molecule has 0 unspecified atom stereocenters. The molecule has 0 aliphatic rings. The van der Waals surface area contributed by atoms with Gasteiger partial charge in [0.05, 0.1) is 17.8 Å². The summed E-state index contributed by atoms with van der Waals surface area (Å²) in [6, 6.07) is 0. The Morgan fingerprint density at radius 1 is 1.35 bits per heavy atom. The van der Waals surface area contributed by atoms with Gasteiger partial charge in [-0.1, -0.05) is 0 Å². The second kappa shape index (κ2) is 6.43. The summed E-state index contributed by atoms with van der Waals surface area (Å²) in [6.07, 6.45) is 0. The van der Waals surface area contributed by atoms with Gasteiger partial charge in [0.2, 0.25) is 0 Å². The van der Waals surface area contributed by atoms with Crippen LogP contribution in [0.15, 0.2) is 9.59 Å². The standard InChI is InChI=1S/C12H17ClO5S2/c1-8-9(7-19-11(8)20(13,15)16)10(14)17-5-6-18-12(2,3)4/h7H,5-6H2,1-4H3. The van der Waals surface area contributed by atoms with Crippen LogP contribution in [-0.4, -0.2) is 33.2 Å². The third-order valence-corrected chi connectivity index (χ3v) is 5.59. The average Bonchev–Trinajstić information content (AvgIpc) is 2.64. The zero-order chi connectivity index (χ0) is 15.6. The normalized spacial score (nSPS) is 12.4. The number of hydrogen-bond donors (Lipinski definition) is 0. The molecule has 0 aliphatic heterocycles. The van der Waals surface area contributed by atoms with Crippen molar-refractivity contribution < 1.29 is 22.7 Å². The maximum Gasteiger partial charge on any atom is 0.339 e. The fourth-order valence-electron chi connectivity index (χ4n) is 1.40. The zero-order valence-corrected chi connectivity index (χ0v) is 14.1. The van der Waals surface area contributed by atoms with E-state index >= 15 is 0 Å². The summed E-state index contributed by atoms with van der Waals surface area (Å²) in [7, 11) is 1.44. The Morgan fingerprint density at radius 3 is 2.40 bits per heavy atom. The van der Waals surface area contributed by atoms with E-state index in [0.717, 1.165) is 11.3 Å². The topological polar surface area (TPSA) is 69.7 Å². The van der Waals surface area contributed by atoms with E-state index < -0.39 is 15.0 Å². The predicted octanol–water partition coefficient (Wildman–Crippen LogP) is 2.96. The molecule has 114 valence electrons. The second-order valence-corrected chi connectivity index (χ2v) is 8.74. The van der Waals surface area contributed by atoms with Crippen LogP contribution in [0.1, 0.15) is 36.7 Å². The van der Waals surface area contributed by atoms with Gasteiger partial charge in [-0.05, 0) is 33.3 Å². The van der Waals surface area contributed by atoms with Gasteiger partial charge >= 0.3 is 5.97 Å². The molecule has 1 heterocycles. The maximum atomic E-state index is 11.8. The van der Waals surface area contributed by atoms with Crippen LogP contribution in [0.3, 0.4) is 0 Å². The highest BCUT2D eigenvalue weighted by atomic mass is 35.7. The second-order valence-electron chi connectivity index (χ2n) is 5.10. The van der Waals surface area contributed by atoms with Crippen LogP contribution in [0.25, 0.3) is 0 Å². The molecular weight excluding hydrogens is 324 g/mol. The number of esters is 1. The number of carbonyl (C=O) groups excluding carboxylic acids is 1. The molecule has 0 atom stereocenters. The molecular formula is C12H17ClO5S2. The maximum absolute atomic E-state index is 11.8. The van der Waals surface area contributed by atoms with Gasteiger partial charge < -0.3 is 9.47 Å². The van der Waals surface area contributed by atoms with E-state index in [9.17, 15) is 13.2 Å². The lowest BCUT2D eigenvalue weighted by Crippen LogP contribution is -2.22. The summed E-state index contributed by atoms with van der Waals surface area (Å²) >= 11 is 0.903. The summed E-state index contributed by atoms with van der Waals surface area (Å²) in [5.41, 5.74) is 0.224. The average molecular weight is 341 g/mol. The largest absolute Gasteiger partial charge is 0.460 e. The van der Waals surface area contributed by atoms with E-state index in [0.29, 0.717) is 5.56 Å². The molecule has 1 rings (SSSR count). The van der Waals surface area contributed by atoms with E-state index in [1.54, 1.807) is 0 Å². The molecule has 0 spiro atoms. The highest BCUT2D eigenvalue weighted by Gasteiger charge is 2.22. The van der Waals surface area contributed by atoms with E-state index in [2.05, 4.69) is 0 Å². The van der Waals surface area contributed by atoms with Crippen LogP contribution < -0.4 is 0 Å². The number of hydrogen-bond acceptors (Lipinski definition) is 6. The minimum Gasteiger partial charge on any atom is -0.460 e. The molecule has 0 amide bonds. The first-order chi connectivity index (χ1) is 9.02. The molecule has 5 nitrogen and oxygen atoms in total. The smallest absolute Gasteiger partial charge is 0.339 e. The molecule has 0 saturated heterocycles. The third-order valence-electron chi connectivity index (χ3n) is 2.29. The van der Waals surface area contributed by atoms with E-state index in [-0.39, 0.29) is 28.6 Å². The summed E-state index contributed by atoms with van der Waals surface area (Å²) in [5, 5.41) is 1.43. The van der Waals surface area contributed by atoms with E-state index in [1.165, 1.54) is 12.3 Å². The van der Waals surface area contributed by atoms with Crippen molar-refractivity contribution in [2.75, 3.05) is 13.2 Å². The number of rotatable bonds is 5. The Labute approximate surface area is 127 Å².